The van der Waals surface area contributed by atoms with Crippen molar-refractivity contribution in [3.05, 3.63) is 0 Å². The Labute approximate surface area is 112 Å². The molecule has 3 unspecified atom stereocenters. The maximum Gasteiger partial charge on any atom is 0.237 e. The number of hydrogen-bond acceptors (Lipinski definition) is 2. The Balaban J connectivity index is 2.47. The van der Waals surface area contributed by atoms with Crippen molar-refractivity contribution in [3.8, 4) is 0 Å². The summed E-state index contributed by atoms with van der Waals surface area (Å²) in [5, 5.41) is 6.56. The van der Waals surface area contributed by atoms with E-state index in [0.29, 0.717) is 12.0 Å². The van der Waals surface area contributed by atoms with Crippen LogP contribution in [0.25, 0.3) is 0 Å². The molecule has 3 nitrogen and oxygen atoms in total. The number of carbonyl (C=O) groups is 1. The predicted molar refractivity (Wildman–Crippen MR) is 76.5 cm³/mol. The molecule has 1 fully saturated rings. The zero-order valence-electron chi connectivity index (χ0n) is 12.7. The second-order valence-electron chi connectivity index (χ2n) is 6.85. The summed E-state index contributed by atoms with van der Waals surface area (Å²) in [6.45, 7) is 10.3. The molecule has 0 saturated heterocycles. The van der Waals surface area contributed by atoms with Crippen LogP contribution in [-0.4, -0.2) is 23.5 Å². The average Bonchev–Trinajstić information content (AvgIpc) is 2.42. The van der Waals surface area contributed by atoms with Crippen LogP contribution in [0.15, 0.2) is 0 Å². The summed E-state index contributed by atoms with van der Waals surface area (Å²) >= 11 is 0. The van der Waals surface area contributed by atoms with Crippen LogP contribution in [0.4, 0.5) is 0 Å². The lowest BCUT2D eigenvalue weighted by Gasteiger charge is -2.29. The van der Waals surface area contributed by atoms with Crippen LogP contribution in [0.3, 0.4) is 0 Å². The van der Waals surface area contributed by atoms with Crippen LogP contribution in [0, 0.1) is 5.92 Å². The van der Waals surface area contributed by atoms with Gasteiger partial charge in [-0.25, -0.2) is 0 Å². The SMILES string of the molecule is CC(NC1CCCCCC1C)C(=O)NC(C)(C)C. The van der Waals surface area contributed by atoms with Crippen LogP contribution in [-0.2, 0) is 4.79 Å². The molecule has 1 amide bonds. The molecule has 3 heteroatoms. The summed E-state index contributed by atoms with van der Waals surface area (Å²) in [7, 11) is 0. The Morgan fingerprint density at radius 2 is 1.78 bits per heavy atom. The molecule has 0 aromatic rings. The van der Waals surface area contributed by atoms with Crippen molar-refractivity contribution in [3.63, 3.8) is 0 Å². The molecule has 0 radical (unpaired) electrons. The smallest absolute Gasteiger partial charge is 0.237 e. The number of hydrogen-bond donors (Lipinski definition) is 2. The van der Waals surface area contributed by atoms with Crippen LogP contribution in [0.2, 0.25) is 0 Å². The van der Waals surface area contributed by atoms with Crippen molar-refractivity contribution >= 4 is 5.91 Å². The molecule has 3 atom stereocenters. The Kier molecular flexibility index (Phi) is 5.64. The lowest BCUT2D eigenvalue weighted by molar-refractivity contribution is -0.124. The highest BCUT2D eigenvalue weighted by Crippen LogP contribution is 2.23. The molecule has 0 heterocycles. The van der Waals surface area contributed by atoms with Gasteiger partial charge < -0.3 is 10.6 Å². The normalized spacial score (nSPS) is 27.4. The Hall–Kier alpha value is -0.570. The van der Waals surface area contributed by atoms with Gasteiger partial charge in [0, 0.05) is 11.6 Å². The van der Waals surface area contributed by atoms with Crippen molar-refractivity contribution in [2.75, 3.05) is 0 Å². The van der Waals surface area contributed by atoms with Gasteiger partial charge in [0.1, 0.15) is 0 Å². The number of carbonyl (C=O) groups excluding carboxylic acids is 1. The van der Waals surface area contributed by atoms with E-state index in [1.165, 1.54) is 32.1 Å². The third-order valence-electron chi connectivity index (χ3n) is 3.72. The quantitative estimate of drug-likeness (QED) is 0.760. The molecule has 18 heavy (non-hydrogen) atoms. The van der Waals surface area contributed by atoms with E-state index in [-0.39, 0.29) is 17.5 Å². The number of amides is 1. The molecular weight excluding hydrogens is 224 g/mol. The molecule has 1 aliphatic carbocycles. The minimum Gasteiger partial charge on any atom is -0.350 e. The largest absolute Gasteiger partial charge is 0.350 e. The topological polar surface area (TPSA) is 41.1 Å². The van der Waals surface area contributed by atoms with E-state index in [1.54, 1.807) is 0 Å². The van der Waals surface area contributed by atoms with E-state index in [2.05, 4.69) is 17.6 Å². The Morgan fingerprint density at radius 3 is 2.39 bits per heavy atom. The molecule has 106 valence electrons. The second kappa shape index (κ2) is 6.55. The molecule has 0 aromatic heterocycles. The highest BCUT2D eigenvalue weighted by Gasteiger charge is 2.25. The highest BCUT2D eigenvalue weighted by atomic mass is 16.2. The monoisotopic (exact) mass is 254 g/mol. The van der Waals surface area contributed by atoms with Crippen molar-refractivity contribution < 1.29 is 4.79 Å². The van der Waals surface area contributed by atoms with Gasteiger partial charge in [-0.15, -0.1) is 0 Å². The fourth-order valence-corrected chi connectivity index (χ4v) is 2.62. The summed E-state index contributed by atoms with van der Waals surface area (Å²) in [4.78, 5) is 12.1. The van der Waals surface area contributed by atoms with Crippen LogP contribution in [0.5, 0.6) is 0 Å². The summed E-state index contributed by atoms with van der Waals surface area (Å²) in [6.07, 6.45) is 6.45. The van der Waals surface area contributed by atoms with Gasteiger partial charge in [0.15, 0.2) is 0 Å². The third kappa shape index (κ3) is 5.38. The predicted octanol–water partition coefficient (Wildman–Crippen LogP) is 2.85. The Morgan fingerprint density at radius 1 is 1.17 bits per heavy atom. The van der Waals surface area contributed by atoms with Gasteiger partial charge in [-0.3, -0.25) is 4.79 Å². The van der Waals surface area contributed by atoms with Crippen LogP contribution < -0.4 is 10.6 Å². The van der Waals surface area contributed by atoms with E-state index < -0.39 is 0 Å². The minimum absolute atomic E-state index is 0.102. The molecule has 1 aliphatic rings. The zero-order chi connectivity index (χ0) is 13.8. The fraction of sp³-hybridized carbons (Fsp3) is 0.933. The van der Waals surface area contributed by atoms with Crippen molar-refractivity contribution in [2.24, 2.45) is 5.92 Å². The lowest BCUT2D eigenvalue weighted by Crippen LogP contribution is -2.52. The van der Waals surface area contributed by atoms with Crippen molar-refractivity contribution in [1.29, 1.82) is 0 Å². The molecule has 2 N–H and O–H groups in total. The first-order valence-electron chi connectivity index (χ1n) is 7.37. The number of rotatable bonds is 3. The summed E-state index contributed by atoms with van der Waals surface area (Å²) in [5.41, 5.74) is -0.151. The molecule has 0 spiro atoms. The van der Waals surface area contributed by atoms with E-state index in [0.717, 1.165) is 0 Å². The molecule has 0 bridgehead atoms. The third-order valence-corrected chi connectivity index (χ3v) is 3.72. The van der Waals surface area contributed by atoms with Gasteiger partial charge in [-0.05, 0) is 46.5 Å². The van der Waals surface area contributed by atoms with Gasteiger partial charge in [0.05, 0.1) is 6.04 Å². The summed E-state index contributed by atoms with van der Waals surface area (Å²) < 4.78 is 0. The van der Waals surface area contributed by atoms with E-state index in [9.17, 15) is 4.79 Å². The molecular formula is C15H30N2O. The van der Waals surface area contributed by atoms with E-state index in [1.807, 2.05) is 27.7 Å². The fourth-order valence-electron chi connectivity index (χ4n) is 2.62. The molecule has 1 rings (SSSR count). The highest BCUT2D eigenvalue weighted by molar-refractivity contribution is 5.81. The van der Waals surface area contributed by atoms with E-state index in [4.69, 9.17) is 0 Å². The molecule has 0 aromatic carbocycles. The zero-order valence-corrected chi connectivity index (χ0v) is 12.7. The lowest BCUT2D eigenvalue weighted by atomic mass is 9.96. The van der Waals surface area contributed by atoms with Crippen molar-refractivity contribution in [1.82, 2.24) is 10.6 Å². The first-order valence-corrected chi connectivity index (χ1v) is 7.37. The van der Waals surface area contributed by atoms with Gasteiger partial charge in [0.25, 0.3) is 0 Å². The van der Waals surface area contributed by atoms with Gasteiger partial charge >= 0.3 is 0 Å². The Bertz CT molecular complexity index is 270. The first-order chi connectivity index (χ1) is 8.29. The summed E-state index contributed by atoms with van der Waals surface area (Å²) in [5.74, 6) is 0.788. The average molecular weight is 254 g/mol. The maximum absolute atomic E-state index is 12.1. The first kappa shape index (κ1) is 15.5. The number of nitrogens with one attached hydrogen (secondary N) is 2. The maximum atomic E-state index is 12.1. The van der Waals surface area contributed by atoms with Gasteiger partial charge in [0.2, 0.25) is 5.91 Å². The van der Waals surface area contributed by atoms with Gasteiger partial charge in [-0.2, -0.15) is 0 Å². The summed E-state index contributed by atoms with van der Waals surface area (Å²) in [6, 6.07) is 0.392. The van der Waals surface area contributed by atoms with Crippen LogP contribution in [0.1, 0.15) is 66.7 Å². The standard InChI is InChI=1S/C15H30N2O/c1-11-9-7-6-8-10-13(11)16-12(2)14(18)17-15(3,4)5/h11-13,16H,6-10H2,1-5H3,(H,17,18). The van der Waals surface area contributed by atoms with E-state index >= 15 is 0 Å². The minimum atomic E-state index is -0.151. The second-order valence-corrected chi connectivity index (χ2v) is 6.85. The van der Waals surface area contributed by atoms with Crippen molar-refractivity contribution in [2.45, 2.75) is 84.3 Å². The van der Waals surface area contributed by atoms with Gasteiger partial charge in [-0.1, -0.05) is 26.2 Å². The molecule has 1 saturated carbocycles. The van der Waals surface area contributed by atoms with Crippen LogP contribution >= 0.6 is 0 Å². The molecule has 0 aliphatic heterocycles.